The van der Waals surface area contributed by atoms with Gasteiger partial charge in [0, 0.05) is 4.47 Å². The minimum atomic E-state index is -0.561. The first-order chi connectivity index (χ1) is 11.6. The molecule has 1 aliphatic rings. The van der Waals surface area contributed by atoms with Crippen molar-refractivity contribution in [2.75, 3.05) is 13.1 Å². The Hall–Kier alpha value is -1.45. The number of hydrogen-bond donors (Lipinski definition) is 1. The molecule has 1 unspecified atom stereocenters. The molecule has 0 saturated carbocycles. The molecule has 0 radical (unpaired) electrons. The highest BCUT2D eigenvalue weighted by Crippen LogP contribution is 2.45. The summed E-state index contributed by atoms with van der Waals surface area (Å²) < 4.78 is 1.04. The highest BCUT2D eigenvalue weighted by atomic mass is 79.9. The van der Waals surface area contributed by atoms with Crippen molar-refractivity contribution in [3.63, 3.8) is 0 Å². The molecule has 2 aromatic carbocycles. The van der Waals surface area contributed by atoms with Gasteiger partial charge in [0.15, 0.2) is 0 Å². The molecule has 1 fully saturated rings. The molecule has 3 rings (SSSR count). The van der Waals surface area contributed by atoms with Gasteiger partial charge in [0.1, 0.15) is 5.78 Å². The van der Waals surface area contributed by atoms with Gasteiger partial charge < -0.3 is 5.32 Å². The van der Waals surface area contributed by atoms with Crippen LogP contribution in [0.3, 0.4) is 0 Å². The van der Waals surface area contributed by atoms with Crippen molar-refractivity contribution in [1.82, 2.24) is 5.32 Å². The second-order valence-electron chi connectivity index (χ2n) is 6.71. The zero-order chi connectivity index (χ0) is 17.2. The topological polar surface area (TPSA) is 29.1 Å². The third-order valence-electron chi connectivity index (χ3n) is 5.38. The summed E-state index contributed by atoms with van der Waals surface area (Å²) in [6, 6.07) is 16.7. The van der Waals surface area contributed by atoms with Gasteiger partial charge in [0.25, 0.3) is 0 Å². The number of carbonyl (C=O) groups is 1. The number of ketones is 1. The van der Waals surface area contributed by atoms with E-state index >= 15 is 0 Å². The van der Waals surface area contributed by atoms with Gasteiger partial charge in [-0.2, -0.15) is 0 Å². The average molecular weight is 386 g/mol. The van der Waals surface area contributed by atoms with Gasteiger partial charge in [-0.25, -0.2) is 0 Å². The van der Waals surface area contributed by atoms with Crippen LogP contribution in [0.5, 0.6) is 0 Å². The summed E-state index contributed by atoms with van der Waals surface area (Å²) in [6.07, 6.45) is 2.04. The Balaban J connectivity index is 2.26. The maximum atomic E-state index is 13.2. The Morgan fingerprint density at radius 1 is 1.08 bits per heavy atom. The van der Waals surface area contributed by atoms with E-state index in [-0.39, 0.29) is 5.78 Å². The predicted molar refractivity (Wildman–Crippen MR) is 102 cm³/mol. The first-order valence-electron chi connectivity index (χ1n) is 8.60. The third-order valence-corrected chi connectivity index (χ3v) is 5.90. The third kappa shape index (κ3) is 2.96. The number of hydrogen-bond acceptors (Lipinski definition) is 2. The summed E-state index contributed by atoms with van der Waals surface area (Å²) >= 11 is 3.52. The summed E-state index contributed by atoms with van der Waals surface area (Å²) in [5, 5.41) is 3.43. The molecule has 2 nitrogen and oxygen atoms in total. The number of nitrogens with one attached hydrogen (secondary N) is 1. The molecule has 24 heavy (non-hydrogen) atoms. The van der Waals surface area contributed by atoms with Gasteiger partial charge >= 0.3 is 0 Å². The van der Waals surface area contributed by atoms with Gasteiger partial charge in [-0.1, -0.05) is 52.3 Å². The van der Waals surface area contributed by atoms with Gasteiger partial charge in [-0.05, 0) is 74.5 Å². The lowest BCUT2D eigenvalue weighted by Gasteiger charge is -2.43. The molecule has 0 aromatic heterocycles. The summed E-state index contributed by atoms with van der Waals surface area (Å²) in [5.74, 6) is 0.560. The van der Waals surface area contributed by atoms with Crippen LogP contribution in [-0.4, -0.2) is 18.9 Å². The molecule has 126 valence electrons. The largest absolute Gasteiger partial charge is 0.317 e. The highest BCUT2D eigenvalue weighted by molar-refractivity contribution is 9.10. The summed E-state index contributed by atoms with van der Waals surface area (Å²) in [6.45, 7) is 5.83. The Kier molecular flexibility index (Phi) is 5.21. The normalized spacial score (nSPS) is 18.1. The maximum Gasteiger partial charge on any atom is 0.145 e. The molecular formula is C21H24BrNO. The van der Waals surface area contributed by atoms with E-state index in [4.69, 9.17) is 0 Å². The number of rotatable bonds is 4. The van der Waals surface area contributed by atoms with Crippen LogP contribution in [0.4, 0.5) is 0 Å². The molecule has 0 spiro atoms. The zero-order valence-electron chi connectivity index (χ0n) is 14.3. The number of halogens is 1. The van der Waals surface area contributed by atoms with Gasteiger partial charge in [-0.3, -0.25) is 4.79 Å². The van der Waals surface area contributed by atoms with Crippen LogP contribution in [0.15, 0.2) is 53.0 Å². The molecule has 0 aliphatic carbocycles. The average Bonchev–Trinajstić information content (AvgIpc) is 2.59. The van der Waals surface area contributed by atoms with Crippen LogP contribution in [0, 0.1) is 12.8 Å². The van der Waals surface area contributed by atoms with Crippen LogP contribution in [0.1, 0.15) is 36.5 Å². The fraction of sp³-hybridized carbons (Fsp3) is 0.381. The minimum Gasteiger partial charge on any atom is -0.317 e. The number of benzene rings is 2. The van der Waals surface area contributed by atoms with Crippen molar-refractivity contribution in [1.29, 1.82) is 0 Å². The molecular weight excluding hydrogens is 362 g/mol. The first-order valence-corrected chi connectivity index (χ1v) is 9.40. The fourth-order valence-electron chi connectivity index (χ4n) is 4.27. The first kappa shape index (κ1) is 17.4. The van der Waals surface area contributed by atoms with Crippen molar-refractivity contribution < 1.29 is 4.79 Å². The zero-order valence-corrected chi connectivity index (χ0v) is 15.9. The van der Waals surface area contributed by atoms with Crippen LogP contribution in [-0.2, 0) is 10.2 Å². The second kappa shape index (κ2) is 7.20. The molecule has 1 heterocycles. The van der Waals surface area contributed by atoms with E-state index < -0.39 is 5.41 Å². The fourth-order valence-corrected chi connectivity index (χ4v) is 4.54. The smallest absolute Gasteiger partial charge is 0.145 e. The van der Waals surface area contributed by atoms with Gasteiger partial charge in [-0.15, -0.1) is 0 Å². The highest BCUT2D eigenvalue weighted by Gasteiger charge is 2.47. The molecule has 1 atom stereocenters. The number of Topliss-reactive ketones (excluding diaryl/α,β-unsaturated/α-hetero) is 1. The number of piperidine rings is 1. The van der Waals surface area contributed by atoms with Gasteiger partial charge in [0.2, 0.25) is 0 Å². The number of aryl methyl sites for hydroxylation is 1. The quantitative estimate of drug-likeness (QED) is 0.830. The van der Waals surface area contributed by atoms with Crippen molar-refractivity contribution >= 4 is 21.7 Å². The van der Waals surface area contributed by atoms with Crippen LogP contribution in [0.25, 0.3) is 0 Å². The van der Waals surface area contributed by atoms with Crippen molar-refractivity contribution in [3.8, 4) is 0 Å². The molecule has 1 aliphatic heterocycles. The lowest BCUT2D eigenvalue weighted by molar-refractivity contribution is -0.123. The Morgan fingerprint density at radius 3 is 2.29 bits per heavy atom. The van der Waals surface area contributed by atoms with E-state index in [1.165, 1.54) is 5.56 Å². The summed E-state index contributed by atoms with van der Waals surface area (Å²) in [7, 11) is 0. The Bertz CT molecular complexity index is 719. The minimum absolute atomic E-state index is 0.242. The maximum absolute atomic E-state index is 13.2. The van der Waals surface area contributed by atoms with E-state index in [2.05, 4.69) is 58.5 Å². The molecule has 0 amide bonds. The predicted octanol–water partition coefficient (Wildman–Crippen LogP) is 4.63. The van der Waals surface area contributed by atoms with E-state index in [1.54, 1.807) is 6.92 Å². The SMILES string of the molecule is CC(=O)C(c1ccc(Br)cc1)(c1ccccc1C)C1CCNCC1. The van der Waals surface area contributed by atoms with Crippen LogP contribution >= 0.6 is 15.9 Å². The molecule has 1 saturated heterocycles. The molecule has 3 heteroatoms. The standard InChI is InChI=1S/C21H24BrNO/c1-15-5-3-4-6-20(15)21(16(2)24,18-11-13-23-14-12-18)17-7-9-19(22)10-8-17/h3-10,18,23H,11-14H2,1-2H3. The van der Waals surface area contributed by atoms with Crippen LogP contribution in [0.2, 0.25) is 0 Å². The molecule has 1 N–H and O–H groups in total. The van der Waals surface area contributed by atoms with E-state index in [0.717, 1.165) is 41.5 Å². The van der Waals surface area contributed by atoms with Crippen LogP contribution < -0.4 is 5.32 Å². The van der Waals surface area contributed by atoms with Crippen molar-refractivity contribution in [2.24, 2.45) is 5.92 Å². The molecule has 2 aromatic rings. The Morgan fingerprint density at radius 2 is 1.71 bits per heavy atom. The second-order valence-corrected chi connectivity index (χ2v) is 7.63. The lowest BCUT2D eigenvalue weighted by atomic mass is 9.60. The van der Waals surface area contributed by atoms with Crippen molar-refractivity contribution in [3.05, 3.63) is 69.7 Å². The summed E-state index contributed by atoms with van der Waals surface area (Å²) in [5.41, 5.74) is 2.90. The van der Waals surface area contributed by atoms with E-state index in [0.29, 0.717) is 5.92 Å². The Labute approximate surface area is 152 Å². The lowest BCUT2D eigenvalue weighted by Crippen LogP contribution is -2.47. The monoisotopic (exact) mass is 385 g/mol. The molecule has 0 bridgehead atoms. The number of carbonyl (C=O) groups excluding carboxylic acids is 1. The summed E-state index contributed by atoms with van der Waals surface area (Å²) in [4.78, 5) is 13.2. The van der Waals surface area contributed by atoms with Crippen molar-refractivity contribution in [2.45, 2.75) is 32.1 Å². The van der Waals surface area contributed by atoms with E-state index in [9.17, 15) is 4.79 Å². The van der Waals surface area contributed by atoms with E-state index in [1.807, 2.05) is 18.2 Å². The van der Waals surface area contributed by atoms with Gasteiger partial charge in [0.05, 0.1) is 5.41 Å².